The molecule has 9 heteroatoms. The van der Waals surface area contributed by atoms with Gasteiger partial charge in [0.05, 0.1) is 23.8 Å². The molecule has 0 radical (unpaired) electrons. The van der Waals surface area contributed by atoms with Gasteiger partial charge in [0, 0.05) is 23.7 Å². The molecule has 1 fully saturated rings. The maximum Gasteiger partial charge on any atom is 0.338 e. The molecule has 7 nitrogen and oxygen atoms in total. The number of esters is 1. The first-order valence-electron chi connectivity index (χ1n) is 11.7. The second-order valence-corrected chi connectivity index (χ2v) is 10.4. The summed E-state index contributed by atoms with van der Waals surface area (Å²) in [5.74, 6) is -0.468. The number of nitrogens with one attached hydrogen (secondary N) is 1. The minimum absolute atomic E-state index is 0.0713. The van der Waals surface area contributed by atoms with E-state index < -0.39 is 12.0 Å². The lowest BCUT2D eigenvalue weighted by molar-refractivity contribution is -0.141. The first-order valence-corrected chi connectivity index (χ1v) is 13.4. The minimum atomic E-state index is -0.397. The average Bonchev–Trinajstić information content (AvgIpc) is 3.64. The van der Waals surface area contributed by atoms with Crippen LogP contribution in [-0.2, 0) is 25.7 Å². The van der Waals surface area contributed by atoms with Crippen LogP contribution < -0.4 is 5.32 Å². The molecule has 0 saturated carbocycles. The van der Waals surface area contributed by atoms with E-state index in [1.807, 2.05) is 65.1 Å². The molecule has 3 aliphatic rings. The lowest BCUT2D eigenvalue weighted by Crippen LogP contribution is -2.38. The molecule has 1 aromatic heterocycles. The van der Waals surface area contributed by atoms with Gasteiger partial charge in [0.1, 0.15) is 12.6 Å². The highest BCUT2D eigenvalue weighted by Crippen LogP contribution is 2.45. The van der Waals surface area contributed by atoms with E-state index in [0.717, 1.165) is 40.8 Å². The molecular weight excluding hydrogens is 482 g/mol. The molecule has 4 heterocycles. The Bertz CT molecular complexity index is 1170. The molecule has 1 N–H and O–H groups in total. The van der Waals surface area contributed by atoms with Crippen LogP contribution >= 0.6 is 23.1 Å². The molecule has 3 aliphatic heterocycles. The fourth-order valence-electron chi connectivity index (χ4n) is 4.41. The average molecular weight is 510 g/mol. The van der Waals surface area contributed by atoms with Crippen molar-refractivity contribution in [2.45, 2.75) is 44.9 Å². The zero-order valence-corrected chi connectivity index (χ0v) is 21.1. The molecule has 182 valence electrons. The topological polar surface area (TPSA) is 80.2 Å². The number of aliphatic imine (C=N–C) groups is 1. The predicted octanol–water partition coefficient (Wildman–Crippen LogP) is 4.75. The van der Waals surface area contributed by atoms with E-state index in [9.17, 15) is 9.59 Å². The normalized spacial score (nSPS) is 21.5. The molecule has 1 saturated heterocycles. The highest BCUT2D eigenvalue weighted by Gasteiger charge is 2.41. The number of thiophene rings is 1. The van der Waals surface area contributed by atoms with Gasteiger partial charge >= 0.3 is 5.97 Å². The SMILES string of the molecule is CC1=C(C(=O)OCc2ccccc2)[C@@H](c2cccs2)N2C(CC(=O)NC[C@@H]3CCCO3)=CSC2=N1. The number of allylic oxidation sites excluding steroid dienone is 1. The number of benzene rings is 1. The first-order chi connectivity index (χ1) is 17.1. The van der Waals surface area contributed by atoms with Crippen LogP contribution in [0.3, 0.4) is 0 Å². The van der Waals surface area contributed by atoms with Crippen molar-refractivity contribution in [1.29, 1.82) is 0 Å². The van der Waals surface area contributed by atoms with Crippen LogP contribution in [0.25, 0.3) is 0 Å². The predicted molar refractivity (Wildman–Crippen MR) is 138 cm³/mol. The zero-order chi connectivity index (χ0) is 24.2. The van der Waals surface area contributed by atoms with Crippen LogP contribution in [0.15, 0.2) is 75.2 Å². The maximum absolute atomic E-state index is 13.4. The molecule has 1 aromatic carbocycles. The Morgan fingerprint density at radius 1 is 1.23 bits per heavy atom. The van der Waals surface area contributed by atoms with Gasteiger partial charge in [0.15, 0.2) is 5.17 Å². The third-order valence-corrected chi connectivity index (χ3v) is 7.95. The van der Waals surface area contributed by atoms with Crippen LogP contribution in [0.5, 0.6) is 0 Å². The van der Waals surface area contributed by atoms with Crippen molar-refractivity contribution < 1.29 is 19.1 Å². The van der Waals surface area contributed by atoms with E-state index in [-0.39, 0.29) is 25.0 Å². The number of amides is 1. The Balaban J connectivity index is 1.35. The molecule has 5 rings (SSSR count). The zero-order valence-electron chi connectivity index (χ0n) is 19.4. The summed E-state index contributed by atoms with van der Waals surface area (Å²) in [4.78, 5) is 33.9. The number of nitrogens with zero attached hydrogens (tertiary/aromatic N) is 2. The van der Waals surface area contributed by atoms with Crippen molar-refractivity contribution in [2.75, 3.05) is 13.2 Å². The van der Waals surface area contributed by atoms with Gasteiger partial charge in [0.2, 0.25) is 5.91 Å². The summed E-state index contributed by atoms with van der Waals surface area (Å²) in [7, 11) is 0. The van der Waals surface area contributed by atoms with Gasteiger partial charge in [-0.3, -0.25) is 4.79 Å². The maximum atomic E-state index is 13.4. The smallest absolute Gasteiger partial charge is 0.338 e. The Labute approximate surface area is 212 Å². The van der Waals surface area contributed by atoms with Crippen LogP contribution in [0.2, 0.25) is 0 Å². The summed E-state index contributed by atoms with van der Waals surface area (Å²) >= 11 is 3.05. The van der Waals surface area contributed by atoms with Crippen molar-refractivity contribution in [3.05, 3.63) is 80.7 Å². The van der Waals surface area contributed by atoms with E-state index in [4.69, 9.17) is 14.5 Å². The Morgan fingerprint density at radius 2 is 2.09 bits per heavy atom. The largest absolute Gasteiger partial charge is 0.457 e. The molecule has 0 unspecified atom stereocenters. The lowest BCUT2D eigenvalue weighted by atomic mass is 9.99. The van der Waals surface area contributed by atoms with Crippen LogP contribution in [0.1, 0.15) is 42.7 Å². The molecule has 0 aliphatic carbocycles. The van der Waals surface area contributed by atoms with E-state index in [1.165, 1.54) is 11.8 Å². The Hall–Kier alpha value is -2.88. The number of hydrogen-bond donors (Lipinski definition) is 1. The van der Waals surface area contributed by atoms with Crippen LogP contribution in [0, 0.1) is 0 Å². The summed E-state index contributed by atoms with van der Waals surface area (Å²) in [6.45, 7) is 3.31. The summed E-state index contributed by atoms with van der Waals surface area (Å²) in [6.07, 6.45) is 2.30. The molecule has 1 amide bonds. The number of rotatable bonds is 8. The number of carbonyl (C=O) groups is 2. The minimum Gasteiger partial charge on any atom is -0.457 e. The first kappa shape index (κ1) is 23.8. The number of fused-ring (bicyclic) bond motifs is 1. The summed E-state index contributed by atoms with van der Waals surface area (Å²) in [6, 6.07) is 13.2. The lowest BCUT2D eigenvalue weighted by Gasteiger charge is -2.35. The molecule has 2 aromatic rings. The van der Waals surface area contributed by atoms with Crippen molar-refractivity contribution in [2.24, 2.45) is 4.99 Å². The van der Waals surface area contributed by atoms with Crippen molar-refractivity contribution in [3.8, 4) is 0 Å². The summed E-state index contributed by atoms with van der Waals surface area (Å²) < 4.78 is 11.3. The fourth-order valence-corrected chi connectivity index (χ4v) is 6.20. The van der Waals surface area contributed by atoms with Gasteiger partial charge in [-0.25, -0.2) is 9.79 Å². The number of thioether (sulfide) groups is 1. The summed E-state index contributed by atoms with van der Waals surface area (Å²) in [5, 5.41) is 7.71. The van der Waals surface area contributed by atoms with Gasteiger partial charge < -0.3 is 19.7 Å². The molecule has 0 spiro atoms. The van der Waals surface area contributed by atoms with E-state index >= 15 is 0 Å². The van der Waals surface area contributed by atoms with Crippen molar-refractivity contribution in [3.63, 3.8) is 0 Å². The molecule has 2 atom stereocenters. The van der Waals surface area contributed by atoms with Crippen molar-refractivity contribution >= 4 is 40.1 Å². The third kappa shape index (κ3) is 5.37. The van der Waals surface area contributed by atoms with Gasteiger partial charge in [-0.2, -0.15) is 0 Å². The highest BCUT2D eigenvalue weighted by molar-refractivity contribution is 8.16. The molecule has 35 heavy (non-hydrogen) atoms. The van der Waals surface area contributed by atoms with Gasteiger partial charge in [-0.15, -0.1) is 11.3 Å². The quantitative estimate of drug-likeness (QED) is 0.517. The van der Waals surface area contributed by atoms with Crippen LogP contribution in [0.4, 0.5) is 0 Å². The second kappa shape index (κ2) is 10.8. The second-order valence-electron chi connectivity index (χ2n) is 8.59. The van der Waals surface area contributed by atoms with Crippen LogP contribution in [-0.4, -0.2) is 41.2 Å². The Kier molecular flexibility index (Phi) is 7.36. The van der Waals surface area contributed by atoms with Crippen molar-refractivity contribution in [1.82, 2.24) is 10.2 Å². The number of hydrogen-bond acceptors (Lipinski definition) is 8. The molecular formula is C26H27N3O4S2. The summed E-state index contributed by atoms with van der Waals surface area (Å²) in [5.41, 5.74) is 2.88. The number of carbonyl (C=O) groups excluding carboxylic acids is 2. The fraction of sp³-hybridized carbons (Fsp3) is 0.346. The molecule has 0 bridgehead atoms. The van der Waals surface area contributed by atoms with E-state index in [0.29, 0.717) is 17.8 Å². The third-order valence-electron chi connectivity index (χ3n) is 6.14. The highest BCUT2D eigenvalue weighted by atomic mass is 32.2. The number of amidine groups is 1. The van der Waals surface area contributed by atoms with Gasteiger partial charge in [0.25, 0.3) is 0 Å². The van der Waals surface area contributed by atoms with Gasteiger partial charge in [-0.05, 0) is 42.2 Å². The monoisotopic (exact) mass is 509 g/mol. The van der Waals surface area contributed by atoms with Gasteiger partial charge in [-0.1, -0.05) is 48.2 Å². The van der Waals surface area contributed by atoms with E-state index in [1.54, 1.807) is 11.3 Å². The standard InChI is InChI=1S/C26H27N3O4S2/c1-17-23(25(31)33-15-18-7-3-2-4-8-18)24(21-10-6-12-34-21)29-19(16-35-26(29)28-17)13-22(30)27-14-20-9-5-11-32-20/h2-4,6-8,10,12,16,20,24H,5,9,11,13-15H2,1H3,(H,27,30)/t20-,24+/m0/s1. The van der Waals surface area contributed by atoms with E-state index in [2.05, 4.69) is 5.32 Å². The Morgan fingerprint density at radius 3 is 2.83 bits per heavy atom. The number of ether oxygens (including phenoxy) is 2.